The molecule has 8 heteroatoms. The first-order valence-electron chi connectivity index (χ1n) is 9.47. The molecular formula is C21H27N3O4S. The molecule has 0 saturated heterocycles. The fraction of sp³-hybridized carbons (Fsp3) is 0.381. The molecule has 1 aromatic heterocycles. The number of benzene rings is 1. The van der Waals surface area contributed by atoms with Crippen molar-refractivity contribution in [1.82, 2.24) is 15.6 Å². The lowest BCUT2D eigenvalue weighted by Gasteiger charge is -2.19. The molecule has 156 valence electrons. The summed E-state index contributed by atoms with van der Waals surface area (Å²) in [6.07, 6.45) is 1.71. The van der Waals surface area contributed by atoms with E-state index in [0.29, 0.717) is 17.9 Å². The van der Waals surface area contributed by atoms with Gasteiger partial charge in [-0.1, -0.05) is 43.3 Å². The van der Waals surface area contributed by atoms with Crippen LogP contribution in [-0.4, -0.2) is 33.6 Å². The Kier molecular flexibility index (Phi) is 9.46. The summed E-state index contributed by atoms with van der Waals surface area (Å²) in [4.78, 5) is 28.0. The summed E-state index contributed by atoms with van der Waals surface area (Å²) in [5.74, 6) is 0.460. The number of carbonyl (C=O) groups is 2. The van der Waals surface area contributed by atoms with Crippen molar-refractivity contribution in [3.05, 3.63) is 65.5 Å². The van der Waals surface area contributed by atoms with E-state index in [-0.39, 0.29) is 30.5 Å². The first-order valence-corrected chi connectivity index (χ1v) is 10.5. The van der Waals surface area contributed by atoms with Crippen LogP contribution in [-0.2, 0) is 23.6 Å². The van der Waals surface area contributed by atoms with Gasteiger partial charge in [0, 0.05) is 11.9 Å². The molecule has 0 radical (unpaired) electrons. The molecule has 0 fully saturated rings. The molecule has 0 bridgehead atoms. The predicted octanol–water partition coefficient (Wildman–Crippen LogP) is 3.61. The maximum atomic E-state index is 11.9. The van der Waals surface area contributed by atoms with Crippen LogP contribution in [0.4, 0.5) is 9.59 Å². The van der Waals surface area contributed by atoms with Gasteiger partial charge in [0.25, 0.3) is 0 Å². The van der Waals surface area contributed by atoms with Crippen LogP contribution in [0, 0.1) is 0 Å². The molecule has 2 rings (SSSR count). The fourth-order valence-corrected chi connectivity index (χ4v) is 3.10. The van der Waals surface area contributed by atoms with Crippen molar-refractivity contribution < 1.29 is 19.4 Å². The molecule has 29 heavy (non-hydrogen) atoms. The Morgan fingerprint density at radius 1 is 1.17 bits per heavy atom. The molecule has 3 N–H and O–H groups in total. The molecular weight excluding hydrogens is 390 g/mol. The van der Waals surface area contributed by atoms with Gasteiger partial charge in [0.1, 0.15) is 6.61 Å². The average Bonchev–Trinajstić information content (AvgIpc) is 2.74. The van der Waals surface area contributed by atoms with Crippen LogP contribution in [0.5, 0.6) is 0 Å². The Bertz CT molecular complexity index is 769. The second-order valence-electron chi connectivity index (χ2n) is 6.55. The van der Waals surface area contributed by atoms with E-state index in [2.05, 4.69) is 15.6 Å². The third kappa shape index (κ3) is 8.53. The zero-order valence-corrected chi connectivity index (χ0v) is 17.4. The predicted molar refractivity (Wildman–Crippen MR) is 113 cm³/mol. The van der Waals surface area contributed by atoms with Crippen molar-refractivity contribution in [1.29, 1.82) is 0 Å². The second kappa shape index (κ2) is 12.1. The third-order valence-electron chi connectivity index (χ3n) is 4.21. The highest BCUT2D eigenvalue weighted by Crippen LogP contribution is 2.15. The minimum absolute atomic E-state index is 0.255. The van der Waals surface area contributed by atoms with Crippen LogP contribution in [0.15, 0.2) is 48.7 Å². The number of amides is 2. The molecule has 0 aliphatic carbocycles. The molecule has 0 aliphatic heterocycles. The standard InChI is InChI=1S/C21H27N3O4S/c1-3-19(15(2)25)24-20(26)23-12-18-10-9-17(11-22-18)14-29-21(27)28-13-16-7-5-4-6-8-16/h4-11,15,19,25H,3,12-14H2,1-2H3,(H2,23,24,26)/t15-,19-/m0/s1. The van der Waals surface area contributed by atoms with Gasteiger partial charge in [-0.2, -0.15) is 0 Å². The Morgan fingerprint density at radius 2 is 1.93 bits per heavy atom. The summed E-state index contributed by atoms with van der Waals surface area (Å²) in [6.45, 7) is 4.07. The molecule has 1 heterocycles. The lowest BCUT2D eigenvalue weighted by molar-refractivity contribution is 0.143. The molecule has 0 unspecified atom stereocenters. The highest BCUT2D eigenvalue weighted by Gasteiger charge is 2.15. The molecule has 0 spiro atoms. The highest BCUT2D eigenvalue weighted by molar-refractivity contribution is 8.12. The summed E-state index contributed by atoms with van der Waals surface area (Å²) >= 11 is 1.08. The van der Waals surface area contributed by atoms with Gasteiger partial charge in [0.2, 0.25) is 0 Å². The highest BCUT2D eigenvalue weighted by atomic mass is 32.2. The number of aliphatic hydroxyl groups excluding tert-OH is 1. The molecule has 0 saturated carbocycles. The number of nitrogens with one attached hydrogen (secondary N) is 2. The van der Waals surface area contributed by atoms with Gasteiger partial charge in [-0.25, -0.2) is 9.59 Å². The van der Waals surface area contributed by atoms with Gasteiger partial charge < -0.3 is 20.5 Å². The number of carbonyl (C=O) groups excluding carboxylic acids is 2. The summed E-state index contributed by atoms with van der Waals surface area (Å²) in [7, 11) is 0. The lowest BCUT2D eigenvalue weighted by atomic mass is 10.1. The number of aliphatic hydroxyl groups is 1. The van der Waals surface area contributed by atoms with E-state index in [4.69, 9.17) is 4.74 Å². The summed E-state index contributed by atoms with van der Waals surface area (Å²) in [5, 5.41) is 14.7. The number of hydrogen-bond acceptors (Lipinski definition) is 6. The van der Waals surface area contributed by atoms with Crippen LogP contribution in [0.3, 0.4) is 0 Å². The fourth-order valence-electron chi connectivity index (χ4n) is 2.50. The molecule has 1 aromatic carbocycles. The van der Waals surface area contributed by atoms with Crippen molar-refractivity contribution in [3.8, 4) is 0 Å². The van der Waals surface area contributed by atoms with E-state index in [1.807, 2.05) is 43.3 Å². The monoisotopic (exact) mass is 417 g/mol. The van der Waals surface area contributed by atoms with Gasteiger partial charge in [-0.05, 0) is 42.3 Å². The van der Waals surface area contributed by atoms with Gasteiger partial charge in [0.05, 0.1) is 24.4 Å². The Morgan fingerprint density at radius 3 is 2.55 bits per heavy atom. The zero-order valence-electron chi connectivity index (χ0n) is 16.6. The third-order valence-corrected chi connectivity index (χ3v) is 5.04. The van der Waals surface area contributed by atoms with E-state index in [0.717, 1.165) is 22.9 Å². The number of ether oxygens (including phenoxy) is 1. The summed E-state index contributed by atoms with van der Waals surface area (Å²) in [5.41, 5.74) is 2.54. The minimum atomic E-state index is -0.611. The molecule has 2 aromatic rings. The normalized spacial score (nSPS) is 12.7. The van der Waals surface area contributed by atoms with Gasteiger partial charge in [-0.3, -0.25) is 4.98 Å². The quantitative estimate of drug-likeness (QED) is 0.539. The number of pyridine rings is 1. The number of nitrogens with zero attached hydrogens (tertiary/aromatic N) is 1. The van der Waals surface area contributed by atoms with Crippen molar-refractivity contribution in [2.24, 2.45) is 0 Å². The van der Waals surface area contributed by atoms with Gasteiger partial charge in [-0.15, -0.1) is 0 Å². The van der Waals surface area contributed by atoms with Crippen molar-refractivity contribution in [3.63, 3.8) is 0 Å². The Balaban J connectivity index is 1.70. The van der Waals surface area contributed by atoms with E-state index in [1.165, 1.54) is 0 Å². The summed E-state index contributed by atoms with van der Waals surface area (Å²) in [6, 6.07) is 12.6. The number of hydrogen-bond donors (Lipinski definition) is 3. The SMILES string of the molecule is CC[C@H](NC(=O)NCc1ccc(CSC(=O)OCc2ccccc2)cn1)[C@H](C)O. The maximum absolute atomic E-state index is 11.9. The average molecular weight is 418 g/mol. The Hall–Kier alpha value is -2.58. The number of aromatic nitrogens is 1. The van der Waals surface area contributed by atoms with Gasteiger partial charge >= 0.3 is 11.3 Å². The van der Waals surface area contributed by atoms with Crippen molar-refractivity contribution >= 4 is 23.1 Å². The minimum Gasteiger partial charge on any atom is -0.453 e. The molecule has 0 aliphatic rings. The van der Waals surface area contributed by atoms with Crippen molar-refractivity contribution in [2.75, 3.05) is 0 Å². The van der Waals surface area contributed by atoms with Crippen LogP contribution in [0.1, 0.15) is 37.1 Å². The topological polar surface area (TPSA) is 101 Å². The molecule has 7 nitrogen and oxygen atoms in total. The zero-order chi connectivity index (χ0) is 21.1. The first kappa shape index (κ1) is 22.7. The largest absolute Gasteiger partial charge is 0.453 e. The van der Waals surface area contributed by atoms with E-state index in [1.54, 1.807) is 19.2 Å². The second-order valence-corrected chi connectivity index (χ2v) is 7.46. The number of urea groups is 1. The van der Waals surface area contributed by atoms with E-state index < -0.39 is 6.10 Å². The van der Waals surface area contributed by atoms with Gasteiger partial charge in [0.15, 0.2) is 0 Å². The Labute approximate surface area is 175 Å². The first-order chi connectivity index (χ1) is 14.0. The van der Waals surface area contributed by atoms with Crippen LogP contribution >= 0.6 is 11.8 Å². The smallest absolute Gasteiger partial charge is 0.367 e. The van der Waals surface area contributed by atoms with Crippen LogP contribution in [0.25, 0.3) is 0 Å². The number of rotatable bonds is 9. The molecule has 2 amide bonds. The van der Waals surface area contributed by atoms with E-state index in [9.17, 15) is 14.7 Å². The molecule has 2 atom stereocenters. The lowest BCUT2D eigenvalue weighted by Crippen LogP contribution is -2.46. The summed E-state index contributed by atoms with van der Waals surface area (Å²) < 4.78 is 5.23. The van der Waals surface area contributed by atoms with Crippen LogP contribution < -0.4 is 10.6 Å². The van der Waals surface area contributed by atoms with Crippen molar-refractivity contribution in [2.45, 2.75) is 51.3 Å². The maximum Gasteiger partial charge on any atom is 0.367 e. The van der Waals surface area contributed by atoms with Crippen LogP contribution in [0.2, 0.25) is 0 Å². The van der Waals surface area contributed by atoms with E-state index >= 15 is 0 Å². The number of thioether (sulfide) groups is 1.